The van der Waals surface area contributed by atoms with Crippen molar-refractivity contribution in [3.8, 4) is 11.5 Å². The number of hydrogen-bond acceptors (Lipinski definition) is 6. The molecule has 1 saturated heterocycles. The maximum absolute atomic E-state index is 12.8. The van der Waals surface area contributed by atoms with Gasteiger partial charge >= 0.3 is 12.1 Å². The third kappa shape index (κ3) is 8.16. The van der Waals surface area contributed by atoms with Crippen LogP contribution in [0.5, 0.6) is 11.5 Å². The highest BCUT2D eigenvalue weighted by Gasteiger charge is 2.38. The second kappa shape index (κ2) is 12.6. The smallest absolute Gasteiger partial charge is 0.410 e. The van der Waals surface area contributed by atoms with E-state index in [0.29, 0.717) is 27.1 Å². The maximum atomic E-state index is 12.8. The van der Waals surface area contributed by atoms with Crippen LogP contribution in [-0.2, 0) is 9.53 Å². The van der Waals surface area contributed by atoms with E-state index >= 15 is 0 Å². The number of carbonyl (C=O) groups is 3. The van der Waals surface area contributed by atoms with Gasteiger partial charge in [-0.1, -0.05) is 23.2 Å². The van der Waals surface area contributed by atoms with Gasteiger partial charge in [0.25, 0.3) is 5.91 Å². The van der Waals surface area contributed by atoms with Gasteiger partial charge in [-0.05, 0) is 76.1 Å². The Hall–Kier alpha value is -3.17. The first-order valence-electron chi connectivity index (χ1n) is 12.2. The van der Waals surface area contributed by atoms with E-state index in [2.05, 4.69) is 5.32 Å². The van der Waals surface area contributed by atoms with E-state index in [1.807, 2.05) is 6.92 Å². The lowest BCUT2D eigenvalue weighted by Gasteiger charge is -2.37. The number of aliphatic carboxylic acids is 1. The van der Waals surface area contributed by atoms with Crippen molar-refractivity contribution in [2.24, 2.45) is 5.92 Å². The number of likely N-dealkylation sites (tertiary alicyclic amines) is 1. The van der Waals surface area contributed by atoms with Crippen molar-refractivity contribution in [1.82, 2.24) is 10.2 Å². The standard InChI is InChI=1S/C27H32Cl2N2O7/c1-16-13-20(28)23(21(29)14-16)37-12-11-36-18-7-5-17(6-8-18)24(32)30-22-9-10-31(15-19(22)25(33)34)26(35)38-27(2,3)4/h5-8,13-14,19,22H,9-12,15H2,1-4H3,(H,30,32)(H,33,34)/t19?,22-/m0/s1. The second-order valence-electron chi connectivity index (χ2n) is 10.0. The Morgan fingerprint density at radius 1 is 1.05 bits per heavy atom. The minimum Gasteiger partial charge on any atom is -0.490 e. The lowest BCUT2D eigenvalue weighted by atomic mass is 9.92. The summed E-state index contributed by atoms with van der Waals surface area (Å²) in [6, 6.07) is 9.34. The van der Waals surface area contributed by atoms with Gasteiger partial charge in [-0.2, -0.15) is 0 Å². The van der Waals surface area contributed by atoms with E-state index in [0.717, 1.165) is 5.56 Å². The number of carboxylic acids is 1. The van der Waals surface area contributed by atoms with Crippen LogP contribution < -0.4 is 14.8 Å². The molecule has 0 spiro atoms. The van der Waals surface area contributed by atoms with Crippen molar-refractivity contribution in [3.63, 3.8) is 0 Å². The molecule has 0 bridgehead atoms. The minimum atomic E-state index is -1.09. The average molecular weight is 567 g/mol. The number of benzene rings is 2. The van der Waals surface area contributed by atoms with Gasteiger partial charge in [0.05, 0.1) is 16.0 Å². The van der Waals surface area contributed by atoms with Crippen molar-refractivity contribution < 1.29 is 33.7 Å². The number of nitrogens with zero attached hydrogens (tertiary/aromatic N) is 1. The van der Waals surface area contributed by atoms with Crippen molar-refractivity contribution in [1.29, 1.82) is 0 Å². The van der Waals surface area contributed by atoms with Gasteiger partial charge < -0.3 is 29.5 Å². The number of piperidine rings is 1. The third-order valence-electron chi connectivity index (χ3n) is 5.76. The number of halogens is 2. The number of aryl methyl sites for hydroxylation is 1. The number of nitrogens with one attached hydrogen (secondary N) is 1. The Labute approximate surface area is 231 Å². The summed E-state index contributed by atoms with van der Waals surface area (Å²) < 4.78 is 16.6. The molecule has 2 aromatic rings. The molecule has 2 N–H and O–H groups in total. The van der Waals surface area contributed by atoms with E-state index < -0.39 is 35.5 Å². The molecule has 2 aromatic carbocycles. The number of rotatable bonds is 8. The summed E-state index contributed by atoms with van der Waals surface area (Å²) in [5, 5.41) is 13.3. The van der Waals surface area contributed by atoms with Crippen LogP contribution >= 0.6 is 23.2 Å². The Balaban J connectivity index is 1.51. The molecule has 2 atom stereocenters. The Kier molecular flexibility index (Phi) is 9.73. The SMILES string of the molecule is Cc1cc(Cl)c(OCCOc2ccc(C(=O)N[C@H]3CCN(C(=O)OC(C)(C)C)CC3C(=O)O)cc2)c(Cl)c1. The summed E-state index contributed by atoms with van der Waals surface area (Å²) in [6.07, 6.45) is -0.280. The van der Waals surface area contributed by atoms with E-state index in [1.54, 1.807) is 57.2 Å². The first-order chi connectivity index (χ1) is 17.8. The van der Waals surface area contributed by atoms with Gasteiger partial charge in [-0.3, -0.25) is 9.59 Å². The summed E-state index contributed by atoms with van der Waals surface area (Å²) in [5.41, 5.74) is 0.592. The molecule has 2 amide bonds. The van der Waals surface area contributed by atoms with Gasteiger partial charge in [-0.15, -0.1) is 0 Å². The first-order valence-corrected chi connectivity index (χ1v) is 12.9. The zero-order valence-electron chi connectivity index (χ0n) is 21.8. The molecule has 38 heavy (non-hydrogen) atoms. The molecule has 1 aliphatic heterocycles. The first kappa shape index (κ1) is 29.4. The number of hydrogen-bond donors (Lipinski definition) is 2. The van der Waals surface area contributed by atoms with E-state index in [9.17, 15) is 19.5 Å². The average Bonchev–Trinajstić information content (AvgIpc) is 2.82. The van der Waals surface area contributed by atoms with Crippen LogP contribution in [0.4, 0.5) is 4.79 Å². The molecule has 1 heterocycles. The molecule has 11 heteroatoms. The molecule has 0 radical (unpaired) electrons. The van der Waals surface area contributed by atoms with Crippen LogP contribution in [0.1, 0.15) is 43.1 Å². The van der Waals surface area contributed by atoms with Crippen LogP contribution in [0, 0.1) is 12.8 Å². The summed E-state index contributed by atoms with van der Waals surface area (Å²) in [5.74, 6) is -1.54. The molecule has 0 saturated carbocycles. The van der Waals surface area contributed by atoms with Crippen LogP contribution in [0.25, 0.3) is 0 Å². The second-order valence-corrected chi connectivity index (χ2v) is 10.8. The highest BCUT2D eigenvalue weighted by molar-refractivity contribution is 6.37. The Morgan fingerprint density at radius 3 is 2.24 bits per heavy atom. The zero-order chi connectivity index (χ0) is 28.0. The summed E-state index contributed by atoms with van der Waals surface area (Å²) in [4.78, 5) is 38.4. The summed E-state index contributed by atoms with van der Waals surface area (Å²) in [6.45, 7) is 7.77. The van der Waals surface area contributed by atoms with Crippen LogP contribution in [0.3, 0.4) is 0 Å². The van der Waals surface area contributed by atoms with E-state index in [4.69, 9.17) is 37.4 Å². The quantitative estimate of drug-likeness (QED) is 0.422. The minimum absolute atomic E-state index is 0.0525. The van der Waals surface area contributed by atoms with Gasteiger partial charge in [-0.25, -0.2) is 4.79 Å². The zero-order valence-corrected chi connectivity index (χ0v) is 23.3. The largest absolute Gasteiger partial charge is 0.490 e. The molecule has 0 aliphatic carbocycles. The van der Waals surface area contributed by atoms with Crippen LogP contribution in [-0.4, -0.2) is 65.9 Å². The number of amides is 2. The number of ether oxygens (including phenoxy) is 3. The van der Waals surface area contributed by atoms with E-state index in [1.165, 1.54) is 4.90 Å². The monoisotopic (exact) mass is 566 g/mol. The molecule has 3 rings (SSSR count). The van der Waals surface area contributed by atoms with Crippen molar-refractivity contribution >= 4 is 41.2 Å². The fourth-order valence-corrected chi connectivity index (χ4v) is 4.65. The third-order valence-corrected chi connectivity index (χ3v) is 6.32. The van der Waals surface area contributed by atoms with Gasteiger partial charge in [0.1, 0.15) is 24.6 Å². The maximum Gasteiger partial charge on any atom is 0.410 e. The fourth-order valence-electron chi connectivity index (χ4n) is 3.95. The van der Waals surface area contributed by atoms with Gasteiger partial charge in [0, 0.05) is 24.7 Å². The predicted octanol–water partition coefficient (Wildman–Crippen LogP) is 5.20. The summed E-state index contributed by atoms with van der Waals surface area (Å²) in [7, 11) is 0. The van der Waals surface area contributed by atoms with Gasteiger partial charge in [0.15, 0.2) is 5.75 Å². The van der Waals surface area contributed by atoms with Gasteiger partial charge in [0.2, 0.25) is 0 Å². The molecule has 206 valence electrons. The fraction of sp³-hybridized carbons (Fsp3) is 0.444. The molecule has 1 fully saturated rings. The summed E-state index contributed by atoms with van der Waals surface area (Å²) >= 11 is 12.3. The molecule has 1 aliphatic rings. The molecule has 9 nitrogen and oxygen atoms in total. The molecule has 0 aromatic heterocycles. The highest BCUT2D eigenvalue weighted by atomic mass is 35.5. The van der Waals surface area contributed by atoms with Crippen LogP contribution in [0.2, 0.25) is 10.0 Å². The normalized spacial score (nSPS) is 17.5. The number of carboxylic acid groups (broad SMARTS) is 1. The lowest BCUT2D eigenvalue weighted by Crippen LogP contribution is -2.55. The van der Waals surface area contributed by atoms with Crippen LogP contribution in [0.15, 0.2) is 36.4 Å². The van der Waals surface area contributed by atoms with E-state index in [-0.39, 0.29) is 32.7 Å². The Morgan fingerprint density at radius 2 is 1.66 bits per heavy atom. The Bertz CT molecular complexity index is 1140. The van der Waals surface area contributed by atoms with Crippen molar-refractivity contribution in [2.75, 3.05) is 26.3 Å². The molecular formula is C27H32Cl2N2O7. The topological polar surface area (TPSA) is 114 Å². The molecule has 1 unspecified atom stereocenters. The number of carbonyl (C=O) groups excluding carboxylic acids is 2. The van der Waals surface area contributed by atoms with Crippen molar-refractivity contribution in [3.05, 3.63) is 57.6 Å². The van der Waals surface area contributed by atoms with Crippen molar-refractivity contribution in [2.45, 2.75) is 45.8 Å². The predicted molar refractivity (Wildman–Crippen MR) is 143 cm³/mol. The highest BCUT2D eigenvalue weighted by Crippen LogP contribution is 2.34. The molecular weight excluding hydrogens is 535 g/mol. The lowest BCUT2D eigenvalue weighted by molar-refractivity contribution is -0.144.